The van der Waals surface area contributed by atoms with E-state index in [4.69, 9.17) is 16.3 Å². The summed E-state index contributed by atoms with van der Waals surface area (Å²) in [5, 5.41) is 0.538. The average molecular weight is 227 g/mol. The van der Waals surface area contributed by atoms with Crippen LogP contribution in [0.5, 0.6) is 0 Å². The van der Waals surface area contributed by atoms with E-state index in [0.717, 1.165) is 31.2 Å². The topological polar surface area (TPSA) is 35.0 Å². The molecule has 0 aliphatic carbocycles. The Morgan fingerprint density at radius 1 is 1.47 bits per heavy atom. The van der Waals surface area contributed by atoms with E-state index < -0.39 is 0 Å². The van der Waals surface area contributed by atoms with E-state index in [1.54, 1.807) is 0 Å². The fourth-order valence-electron chi connectivity index (χ4n) is 1.67. The lowest BCUT2D eigenvalue weighted by Crippen LogP contribution is -2.07. The van der Waals surface area contributed by atoms with E-state index >= 15 is 0 Å². The Morgan fingerprint density at radius 2 is 2.27 bits per heavy atom. The number of nitrogens with zero attached hydrogens (tertiary/aromatic N) is 2. The minimum Gasteiger partial charge on any atom is -0.381 e. The molecular formula is C11H15ClN2O. The summed E-state index contributed by atoms with van der Waals surface area (Å²) in [5.41, 5.74) is 1.01. The molecule has 1 aliphatic heterocycles. The first kappa shape index (κ1) is 10.8. The molecule has 0 radical (unpaired) electrons. The van der Waals surface area contributed by atoms with Crippen molar-refractivity contribution in [3.05, 3.63) is 22.7 Å². The number of ether oxygens (including phenoxy) is 1. The molecule has 1 fully saturated rings. The highest BCUT2D eigenvalue weighted by atomic mass is 35.5. The first-order valence-corrected chi connectivity index (χ1v) is 5.66. The number of hydrogen-bond donors (Lipinski definition) is 0. The summed E-state index contributed by atoms with van der Waals surface area (Å²) in [6.45, 7) is 5.73. The van der Waals surface area contributed by atoms with Gasteiger partial charge in [-0.2, -0.15) is 0 Å². The Kier molecular flexibility index (Phi) is 3.22. The van der Waals surface area contributed by atoms with Gasteiger partial charge in [-0.15, -0.1) is 0 Å². The standard InChI is InChI=1S/C11H15ClN2O/c1-7(2)9-5-10(12)14-11(13-9)8-3-4-15-6-8/h5,7-8H,3-4,6H2,1-2H3. The van der Waals surface area contributed by atoms with Crippen molar-refractivity contribution >= 4 is 11.6 Å². The second-order valence-electron chi connectivity index (χ2n) is 4.19. The third-order valence-corrected chi connectivity index (χ3v) is 2.81. The van der Waals surface area contributed by atoms with Gasteiger partial charge in [-0.3, -0.25) is 0 Å². The van der Waals surface area contributed by atoms with E-state index in [2.05, 4.69) is 23.8 Å². The van der Waals surface area contributed by atoms with Crippen molar-refractivity contribution in [2.24, 2.45) is 0 Å². The van der Waals surface area contributed by atoms with Crippen molar-refractivity contribution in [3.8, 4) is 0 Å². The SMILES string of the molecule is CC(C)c1cc(Cl)nc(C2CCOC2)n1. The third kappa shape index (κ3) is 2.47. The maximum Gasteiger partial charge on any atom is 0.135 e. The molecule has 2 rings (SSSR count). The van der Waals surface area contributed by atoms with Crippen LogP contribution in [0.4, 0.5) is 0 Å². The molecular weight excluding hydrogens is 212 g/mol. The van der Waals surface area contributed by atoms with Crippen LogP contribution in [0.25, 0.3) is 0 Å². The van der Waals surface area contributed by atoms with E-state index in [-0.39, 0.29) is 0 Å². The minimum atomic E-state index is 0.321. The maximum atomic E-state index is 5.98. The number of hydrogen-bond acceptors (Lipinski definition) is 3. The highest BCUT2D eigenvalue weighted by Crippen LogP contribution is 2.25. The van der Waals surface area contributed by atoms with Gasteiger partial charge in [0.05, 0.1) is 6.61 Å². The molecule has 0 aromatic carbocycles. The quantitative estimate of drug-likeness (QED) is 0.728. The van der Waals surface area contributed by atoms with Crippen LogP contribution in [0.1, 0.15) is 43.6 Å². The molecule has 4 heteroatoms. The molecule has 0 amide bonds. The largest absolute Gasteiger partial charge is 0.381 e. The molecule has 1 aromatic heterocycles. The number of aromatic nitrogens is 2. The summed E-state index contributed by atoms with van der Waals surface area (Å²) in [6.07, 6.45) is 0.998. The van der Waals surface area contributed by atoms with E-state index in [1.807, 2.05) is 6.07 Å². The normalized spacial score (nSPS) is 21.2. The predicted octanol–water partition coefficient (Wildman–Crippen LogP) is 2.76. The van der Waals surface area contributed by atoms with Crippen molar-refractivity contribution in [3.63, 3.8) is 0 Å². The lowest BCUT2D eigenvalue weighted by atomic mass is 10.1. The van der Waals surface area contributed by atoms with E-state index in [1.165, 1.54) is 0 Å². The highest BCUT2D eigenvalue weighted by Gasteiger charge is 2.21. The van der Waals surface area contributed by atoms with Crippen LogP contribution in [0.3, 0.4) is 0 Å². The van der Waals surface area contributed by atoms with Crippen LogP contribution < -0.4 is 0 Å². The minimum absolute atomic E-state index is 0.321. The average Bonchev–Trinajstić information content (AvgIpc) is 2.69. The van der Waals surface area contributed by atoms with Gasteiger partial charge in [0.25, 0.3) is 0 Å². The molecule has 15 heavy (non-hydrogen) atoms. The van der Waals surface area contributed by atoms with Crippen LogP contribution >= 0.6 is 11.6 Å². The van der Waals surface area contributed by atoms with Crippen molar-refractivity contribution < 1.29 is 4.74 Å². The zero-order valence-electron chi connectivity index (χ0n) is 9.03. The number of rotatable bonds is 2. The second-order valence-corrected chi connectivity index (χ2v) is 4.58. The molecule has 0 N–H and O–H groups in total. The lowest BCUT2D eigenvalue weighted by molar-refractivity contribution is 0.193. The summed E-state index contributed by atoms with van der Waals surface area (Å²) in [5.74, 6) is 1.54. The van der Waals surface area contributed by atoms with Crippen molar-refractivity contribution in [2.45, 2.75) is 32.1 Å². The molecule has 3 nitrogen and oxygen atoms in total. The third-order valence-electron chi connectivity index (χ3n) is 2.62. The Balaban J connectivity index is 2.30. The van der Waals surface area contributed by atoms with Gasteiger partial charge in [-0.05, 0) is 18.4 Å². The summed E-state index contributed by atoms with van der Waals surface area (Å²) < 4.78 is 5.33. The van der Waals surface area contributed by atoms with E-state index in [9.17, 15) is 0 Å². The van der Waals surface area contributed by atoms with Crippen LogP contribution in [0.15, 0.2) is 6.07 Å². The zero-order chi connectivity index (χ0) is 10.8. The van der Waals surface area contributed by atoms with Crippen LogP contribution in [-0.2, 0) is 4.74 Å². The summed E-state index contributed by atoms with van der Waals surface area (Å²) in [7, 11) is 0. The van der Waals surface area contributed by atoms with Gasteiger partial charge in [-0.25, -0.2) is 9.97 Å². The zero-order valence-corrected chi connectivity index (χ0v) is 9.79. The van der Waals surface area contributed by atoms with Gasteiger partial charge in [-0.1, -0.05) is 25.4 Å². The summed E-state index contributed by atoms with van der Waals surface area (Å²) in [4.78, 5) is 8.81. The van der Waals surface area contributed by atoms with Gasteiger partial charge in [0, 0.05) is 18.2 Å². The summed E-state index contributed by atoms with van der Waals surface area (Å²) in [6, 6.07) is 1.84. The molecule has 0 spiro atoms. The van der Waals surface area contributed by atoms with Crippen molar-refractivity contribution in [1.29, 1.82) is 0 Å². The van der Waals surface area contributed by atoms with Gasteiger partial charge in [0.1, 0.15) is 11.0 Å². The van der Waals surface area contributed by atoms with Crippen molar-refractivity contribution in [2.75, 3.05) is 13.2 Å². The molecule has 82 valence electrons. The molecule has 1 unspecified atom stereocenters. The smallest absolute Gasteiger partial charge is 0.135 e. The molecule has 1 saturated heterocycles. The Bertz CT molecular complexity index is 348. The predicted molar refractivity (Wildman–Crippen MR) is 59.3 cm³/mol. The van der Waals surface area contributed by atoms with Crippen molar-refractivity contribution in [1.82, 2.24) is 9.97 Å². The molecule has 0 bridgehead atoms. The summed E-state index contributed by atoms with van der Waals surface area (Å²) >= 11 is 5.98. The molecule has 0 saturated carbocycles. The fraction of sp³-hybridized carbons (Fsp3) is 0.636. The maximum absolute atomic E-state index is 5.98. The first-order valence-electron chi connectivity index (χ1n) is 5.29. The first-order chi connectivity index (χ1) is 7.16. The molecule has 2 heterocycles. The fourth-order valence-corrected chi connectivity index (χ4v) is 1.87. The van der Waals surface area contributed by atoms with Crippen LogP contribution in [0.2, 0.25) is 5.15 Å². The monoisotopic (exact) mass is 226 g/mol. The lowest BCUT2D eigenvalue weighted by Gasteiger charge is -2.10. The van der Waals surface area contributed by atoms with Gasteiger partial charge in [0.15, 0.2) is 0 Å². The Labute approximate surface area is 94.8 Å². The van der Waals surface area contributed by atoms with E-state index in [0.29, 0.717) is 17.0 Å². The Morgan fingerprint density at radius 3 is 2.87 bits per heavy atom. The second kappa shape index (κ2) is 4.45. The van der Waals surface area contributed by atoms with Gasteiger partial charge < -0.3 is 4.74 Å². The van der Waals surface area contributed by atoms with Crippen LogP contribution in [-0.4, -0.2) is 23.2 Å². The molecule has 1 atom stereocenters. The molecule has 1 aromatic rings. The van der Waals surface area contributed by atoms with Gasteiger partial charge >= 0.3 is 0 Å². The highest BCUT2D eigenvalue weighted by molar-refractivity contribution is 6.29. The van der Waals surface area contributed by atoms with Crippen LogP contribution in [0, 0.1) is 0 Å². The Hall–Kier alpha value is -0.670. The number of halogens is 1. The molecule has 1 aliphatic rings. The van der Waals surface area contributed by atoms with Gasteiger partial charge in [0.2, 0.25) is 0 Å².